The number of hydrogen-bond acceptors (Lipinski definition) is 3. The molecule has 4 atom stereocenters. The number of carbonyl (C=O) groups is 1. The van der Waals surface area contributed by atoms with E-state index in [1.165, 1.54) is 6.92 Å². The third-order valence-electron chi connectivity index (χ3n) is 3.42. The zero-order chi connectivity index (χ0) is 9.42. The summed E-state index contributed by atoms with van der Waals surface area (Å²) in [5.41, 5.74) is 0. The van der Waals surface area contributed by atoms with E-state index in [0.717, 1.165) is 19.3 Å². The molecule has 0 unspecified atom stereocenters. The first-order valence-electron chi connectivity index (χ1n) is 4.98. The molecule has 2 bridgehead atoms. The molecule has 0 saturated heterocycles. The van der Waals surface area contributed by atoms with Crippen LogP contribution in [0.15, 0.2) is 0 Å². The number of rotatable bonds is 2. The van der Waals surface area contributed by atoms with Crippen LogP contribution in [0.5, 0.6) is 0 Å². The molecule has 0 spiro atoms. The van der Waals surface area contributed by atoms with Gasteiger partial charge in [-0.2, -0.15) is 0 Å². The molecule has 3 heteroatoms. The Morgan fingerprint density at radius 1 is 1.46 bits per heavy atom. The lowest BCUT2D eigenvalue weighted by Crippen LogP contribution is -2.28. The van der Waals surface area contributed by atoms with Gasteiger partial charge in [0.25, 0.3) is 0 Å². The van der Waals surface area contributed by atoms with Crippen LogP contribution in [-0.4, -0.2) is 23.8 Å². The van der Waals surface area contributed by atoms with Crippen molar-refractivity contribution in [1.82, 2.24) is 0 Å². The molecule has 74 valence electrons. The van der Waals surface area contributed by atoms with Crippen LogP contribution < -0.4 is 0 Å². The lowest BCUT2D eigenvalue weighted by molar-refractivity contribution is -0.143. The molecule has 0 amide bonds. The van der Waals surface area contributed by atoms with Gasteiger partial charge in [0.05, 0.1) is 12.7 Å². The Hall–Kier alpha value is -0.570. The Kier molecular flexibility index (Phi) is 2.28. The number of aliphatic hydroxyl groups is 1. The minimum atomic E-state index is -0.211. The predicted octanol–water partition coefficient (Wildman–Crippen LogP) is 0.957. The smallest absolute Gasteiger partial charge is 0.302 e. The summed E-state index contributed by atoms with van der Waals surface area (Å²) in [6.07, 6.45) is 3.09. The zero-order valence-corrected chi connectivity index (χ0v) is 7.90. The van der Waals surface area contributed by atoms with E-state index >= 15 is 0 Å². The van der Waals surface area contributed by atoms with Crippen molar-refractivity contribution >= 4 is 5.97 Å². The summed E-state index contributed by atoms with van der Waals surface area (Å²) in [4.78, 5) is 10.6. The van der Waals surface area contributed by atoms with Crippen LogP contribution in [0.3, 0.4) is 0 Å². The summed E-state index contributed by atoms with van der Waals surface area (Å²) in [6, 6.07) is 0. The number of ether oxygens (including phenoxy) is 1. The minimum absolute atomic E-state index is 0.140. The SMILES string of the molecule is CC(=O)OC[C@H]1C[C@@H]2C[C@@H]1[C@H](O)C2. The van der Waals surface area contributed by atoms with Gasteiger partial charge in [-0.05, 0) is 37.0 Å². The first-order valence-corrected chi connectivity index (χ1v) is 4.98. The molecule has 0 aliphatic heterocycles. The second kappa shape index (κ2) is 3.29. The maximum Gasteiger partial charge on any atom is 0.302 e. The van der Waals surface area contributed by atoms with E-state index in [9.17, 15) is 9.90 Å². The van der Waals surface area contributed by atoms with Crippen LogP contribution in [0, 0.1) is 17.8 Å². The number of hydrogen-bond donors (Lipinski definition) is 1. The van der Waals surface area contributed by atoms with Gasteiger partial charge in [-0.3, -0.25) is 4.79 Å². The Morgan fingerprint density at radius 2 is 2.23 bits per heavy atom. The predicted molar refractivity (Wildman–Crippen MR) is 47.0 cm³/mol. The summed E-state index contributed by atoms with van der Waals surface area (Å²) < 4.78 is 4.98. The molecular formula is C10H16O3. The highest BCUT2D eigenvalue weighted by Gasteiger charge is 2.45. The molecule has 2 rings (SSSR count). The fraction of sp³-hybridized carbons (Fsp3) is 0.900. The van der Waals surface area contributed by atoms with E-state index in [2.05, 4.69) is 0 Å². The van der Waals surface area contributed by atoms with Crippen molar-refractivity contribution in [3.05, 3.63) is 0 Å². The van der Waals surface area contributed by atoms with Gasteiger partial charge in [0, 0.05) is 6.92 Å². The number of esters is 1. The van der Waals surface area contributed by atoms with E-state index in [4.69, 9.17) is 4.74 Å². The quantitative estimate of drug-likeness (QED) is 0.650. The molecule has 0 heterocycles. The van der Waals surface area contributed by atoms with Crippen molar-refractivity contribution in [2.24, 2.45) is 17.8 Å². The number of carbonyl (C=O) groups excluding carboxylic acids is 1. The fourth-order valence-corrected chi connectivity index (χ4v) is 2.87. The van der Waals surface area contributed by atoms with Gasteiger partial charge < -0.3 is 9.84 Å². The summed E-state index contributed by atoms with van der Waals surface area (Å²) in [6.45, 7) is 1.94. The molecule has 3 nitrogen and oxygen atoms in total. The maximum absolute atomic E-state index is 10.6. The van der Waals surface area contributed by atoms with Crippen LogP contribution in [0.1, 0.15) is 26.2 Å². The molecule has 0 aromatic heterocycles. The van der Waals surface area contributed by atoms with Crippen molar-refractivity contribution in [3.63, 3.8) is 0 Å². The highest BCUT2D eigenvalue weighted by molar-refractivity contribution is 5.65. The van der Waals surface area contributed by atoms with Crippen LogP contribution in [0.25, 0.3) is 0 Å². The topological polar surface area (TPSA) is 46.5 Å². The van der Waals surface area contributed by atoms with Crippen LogP contribution in [0.2, 0.25) is 0 Å². The second-order valence-electron chi connectivity index (χ2n) is 4.37. The minimum Gasteiger partial charge on any atom is -0.466 e. The molecule has 1 N–H and O–H groups in total. The van der Waals surface area contributed by atoms with E-state index < -0.39 is 0 Å². The van der Waals surface area contributed by atoms with Gasteiger partial charge in [-0.15, -0.1) is 0 Å². The van der Waals surface area contributed by atoms with Gasteiger partial charge in [-0.1, -0.05) is 0 Å². The first kappa shape index (κ1) is 9.00. The highest BCUT2D eigenvalue weighted by atomic mass is 16.5. The lowest BCUT2D eigenvalue weighted by Gasteiger charge is -2.25. The lowest BCUT2D eigenvalue weighted by atomic mass is 9.87. The van der Waals surface area contributed by atoms with Gasteiger partial charge in [0.2, 0.25) is 0 Å². The van der Waals surface area contributed by atoms with Crippen molar-refractivity contribution in [2.75, 3.05) is 6.61 Å². The fourth-order valence-electron chi connectivity index (χ4n) is 2.87. The Labute approximate surface area is 78.1 Å². The van der Waals surface area contributed by atoms with Crippen molar-refractivity contribution in [2.45, 2.75) is 32.3 Å². The Bertz CT molecular complexity index is 214. The Balaban J connectivity index is 1.85. The largest absolute Gasteiger partial charge is 0.466 e. The molecule has 0 radical (unpaired) electrons. The molecule has 2 aliphatic carbocycles. The van der Waals surface area contributed by atoms with Gasteiger partial charge >= 0.3 is 5.97 Å². The van der Waals surface area contributed by atoms with Crippen molar-refractivity contribution in [3.8, 4) is 0 Å². The monoisotopic (exact) mass is 184 g/mol. The first-order chi connectivity index (χ1) is 6.16. The molecular weight excluding hydrogens is 168 g/mol. The third kappa shape index (κ3) is 1.70. The summed E-state index contributed by atoms with van der Waals surface area (Å²) >= 11 is 0. The molecule has 2 saturated carbocycles. The van der Waals surface area contributed by atoms with Crippen molar-refractivity contribution < 1.29 is 14.6 Å². The maximum atomic E-state index is 10.6. The average molecular weight is 184 g/mol. The normalized spacial score (nSPS) is 42.3. The third-order valence-corrected chi connectivity index (χ3v) is 3.42. The summed E-state index contributed by atoms with van der Waals surface area (Å²) in [5.74, 6) is 1.28. The number of aliphatic hydroxyl groups excluding tert-OH is 1. The van der Waals surface area contributed by atoms with Gasteiger partial charge in [0.1, 0.15) is 0 Å². The zero-order valence-electron chi connectivity index (χ0n) is 7.90. The van der Waals surface area contributed by atoms with E-state index in [1.807, 2.05) is 0 Å². The molecule has 2 aliphatic rings. The molecule has 2 fully saturated rings. The van der Waals surface area contributed by atoms with E-state index in [0.29, 0.717) is 24.4 Å². The second-order valence-corrected chi connectivity index (χ2v) is 4.37. The van der Waals surface area contributed by atoms with Gasteiger partial charge in [-0.25, -0.2) is 0 Å². The standard InChI is InChI=1S/C10H16O3/c1-6(11)13-5-8-2-7-3-9(8)10(12)4-7/h7-10,12H,2-5H2,1H3/t7-,8-,9+,10-/m1/s1. The average Bonchev–Trinajstić information content (AvgIpc) is 2.58. The highest BCUT2D eigenvalue weighted by Crippen LogP contribution is 2.48. The van der Waals surface area contributed by atoms with Gasteiger partial charge in [0.15, 0.2) is 0 Å². The molecule has 0 aromatic rings. The molecule has 0 aromatic carbocycles. The summed E-state index contributed by atoms with van der Waals surface area (Å²) in [7, 11) is 0. The van der Waals surface area contributed by atoms with Crippen molar-refractivity contribution in [1.29, 1.82) is 0 Å². The van der Waals surface area contributed by atoms with Crippen LogP contribution >= 0.6 is 0 Å². The van der Waals surface area contributed by atoms with E-state index in [-0.39, 0.29) is 12.1 Å². The van der Waals surface area contributed by atoms with Crippen LogP contribution in [0.4, 0.5) is 0 Å². The Morgan fingerprint density at radius 3 is 2.77 bits per heavy atom. The summed E-state index contributed by atoms with van der Waals surface area (Å²) in [5, 5.41) is 9.61. The molecule has 13 heavy (non-hydrogen) atoms. The van der Waals surface area contributed by atoms with Crippen LogP contribution in [-0.2, 0) is 9.53 Å². The number of fused-ring (bicyclic) bond motifs is 2. The van der Waals surface area contributed by atoms with E-state index in [1.54, 1.807) is 0 Å².